The molecule has 0 bridgehead atoms. The molecule has 0 aliphatic heterocycles. The molecule has 4 heteroatoms. The van der Waals surface area contributed by atoms with Gasteiger partial charge in [-0.1, -0.05) is 12.8 Å². The summed E-state index contributed by atoms with van der Waals surface area (Å²) in [5.41, 5.74) is 0.956. The molecule has 1 aromatic carbocycles. The lowest BCUT2D eigenvalue weighted by atomic mass is 9.81. The largest absolute Gasteiger partial charge is 0.496 e. The van der Waals surface area contributed by atoms with Crippen molar-refractivity contribution in [1.82, 2.24) is 0 Å². The normalized spacial score (nSPS) is 22.9. The molecule has 1 N–H and O–H groups in total. The zero-order valence-corrected chi connectivity index (χ0v) is 11.8. The van der Waals surface area contributed by atoms with Gasteiger partial charge < -0.3 is 19.3 Å². The highest BCUT2D eigenvalue weighted by atomic mass is 16.5. The third-order valence-corrected chi connectivity index (χ3v) is 3.85. The smallest absolute Gasteiger partial charge is 0.129 e. The first-order valence-electron chi connectivity index (χ1n) is 6.69. The van der Waals surface area contributed by atoms with E-state index in [1.807, 2.05) is 12.1 Å². The first-order chi connectivity index (χ1) is 9.21. The van der Waals surface area contributed by atoms with Crippen LogP contribution in [0.2, 0.25) is 0 Å². The fourth-order valence-electron chi connectivity index (χ4n) is 2.85. The monoisotopic (exact) mass is 266 g/mol. The first kappa shape index (κ1) is 14.0. The van der Waals surface area contributed by atoms with Crippen LogP contribution in [0, 0.1) is 0 Å². The molecule has 4 nitrogen and oxygen atoms in total. The van der Waals surface area contributed by atoms with Crippen LogP contribution in [-0.4, -0.2) is 32.5 Å². The van der Waals surface area contributed by atoms with E-state index in [-0.39, 0.29) is 12.0 Å². The van der Waals surface area contributed by atoms with Crippen molar-refractivity contribution in [1.29, 1.82) is 0 Å². The molecule has 0 radical (unpaired) electrons. The molecule has 0 aromatic heterocycles. The molecule has 106 valence electrons. The van der Waals surface area contributed by atoms with E-state index >= 15 is 0 Å². The van der Waals surface area contributed by atoms with Gasteiger partial charge in [-0.05, 0) is 12.8 Å². The SMILES string of the molecule is COc1cc(OC)c(C2CCCCC2O)c(OC)c1. The lowest BCUT2D eigenvalue weighted by Gasteiger charge is -2.30. The Bertz CT molecular complexity index is 405. The Kier molecular flexibility index (Phi) is 4.53. The predicted molar refractivity (Wildman–Crippen MR) is 73.3 cm³/mol. The Morgan fingerprint density at radius 2 is 1.53 bits per heavy atom. The van der Waals surface area contributed by atoms with Gasteiger partial charge in [0.05, 0.1) is 27.4 Å². The van der Waals surface area contributed by atoms with E-state index < -0.39 is 0 Å². The second-order valence-corrected chi connectivity index (χ2v) is 4.90. The number of aliphatic hydroxyl groups is 1. The van der Waals surface area contributed by atoms with E-state index in [4.69, 9.17) is 14.2 Å². The third kappa shape index (κ3) is 2.78. The summed E-state index contributed by atoms with van der Waals surface area (Å²) in [6, 6.07) is 3.69. The van der Waals surface area contributed by atoms with E-state index in [1.54, 1.807) is 21.3 Å². The number of ether oxygens (including phenoxy) is 3. The van der Waals surface area contributed by atoms with Gasteiger partial charge in [0.15, 0.2) is 0 Å². The average Bonchev–Trinajstić information content (AvgIpc) is 2.46. The van der Waals surface area contributed by atoms with E-state index in [1.165, 1.54) is 0 Å². The van der Waals surface area contributed by atoms with Gasteiger partial charge in [-0.15, -0.1) is 0 Å². The molecule has 2 unspecified atom stereocenters. The topological polar surface area (TPSA) is 47.9 Å². The second-order valence-electron chi connectivity index (χ2n) is 4.90. The summed E-state index contributed by atoms with van der Waals surface area (Å²) in [5, 5.41) is 10.2. The van der Waals surface area contributed by atoms with Crippen molar-refractivity contribution in [3.05, 3.63) is 17.7 Å². The zero-order chi connectivity index (χ0) is 13.8. The first-order valence-corrected chi connectivity index (χ1v) is 6.69. The summed E-state index contributed by atoms with van der Waals surface area (Å²) in [4.78, 5) is 0. The van der Waals surface area contributed by atoms with Crippen molar-refractivity contribution in [3.8, 4) is 17.2 Å². The summed E-state index contributed by atoms with van der Waals surface area (Å²) < 4.78 is 16.2. The van der Waals surface area contributed by atoms with Crippen LogP contribution in [0.4, 0.5) is 0 Å². The van der Waals surface area contributed by atoms with Gasteiger partial charge in [0.25, 0.3) is 0 Å². The summed E-state index contributed by atoms with van der Waals surface area (Å²) in [5.74, 6) is 2.22. The van der Waals surface area contributed by atoms with E-state index in [9.17, 15) is 5.11 Å². The molecular formula is C15H22O4. The van der Waals surface area contributed by atoms with Gasteiger partial charge >= 0.3 is 0 Å². The molecule has 1 saturated carbocycles. The Balaban J connectivity index is 2.46. The Morgan fingerprint density at radius 1 is 0.947 bits per heavy atom. The predicted octanol–water partition coefficient (Wildman–Crippen LogP) is 2.73. The number of methoxy groups -OCH3 is 3. The van der Waals surface area contributed by atoms with Gasteiger partial charge in [-0.25, -0.2) is 0 Å². The maximum Gasteiger partial charge on any atom is 0.129 e. The minimum absolute atomic E-state index is 0.0737. The Hall–Kier alpha value is -1.42. The lowest BCUT2D eigenvalue weighted by Crippen LogP contribution is -2.23. The molecule has 1 aliphatic carbocycles. The number of benzene rings is 1. The minimum atomic E-state index is -0.329. The fourth-order valence-corrected chi connectivity index (χ4v) is 2.85. The molecule has 1 aromatic rings. The highest BCUT2D eigenvalue weighted by Gasteiger charge is 2.30. The highest BCUT2D eigenvalue weighted by molar-refractivity contribution is 5.53. The summed E-state index contributed by atoms with van der Waals surface area (Å²) >= 11 is 0. The van der Waals surface area contributed by atoms with Gasteiger partial charge in [0.2, 0.25) is 0 Å². The summed E-state index contributed by atoms with van der Waals surface area (Å²) in [6.45, 7) is 0. The van der Waals surface area contributed by atoms with Crippen LogP contribution in [0.1, 0.15) is 37.2 Å². The lowest BCUT2D eigenvalue weighted by molar-refractivity contribution is 0.103. The molecule has 0 saturated heterocycles. The molecule has 0 heterocycles. The Morgan fingerprint density at radius 3 is 2.00 bits per heavy atom. The molecule has 2 atom stereocenters. The van der Waals surface area contributed by atoms with Crippen LogP contribution < -0.4 is 14.2 Å². The standard InChI is InChI=1S/C15H22O4/c1-17-10-8-13(18-2)15(14(9-10)19-3)11-6-4-5-7-12(11)16/h8-9,11-12,16H,4-7H2,1-3H3. The van der Waals surface area contributed by atoms with Gasteiger partial charge in [0.1, 0.15) is 17.2 Å². The molecule has 0 amide bonds. The minimum Gasteiger partial charge on any atom is -0.496 e. The van der Waals surface area contributed by atoms with Crippen molar-refractivity contribution >= 4 is 0 Å². The number of hydrogen-bond acceptors (Lipinski definition) is 4. The van der Waals surface area contributed by atoms with E-state index in [2.05, 4.69) is 0 Å². The highest BCUT2D eigenvalue weighted by Crippen LogP contribution is 2.44. The van der Waals surface area contributed by atoms with Crippen LogP contribution in [0.15, 0.2) is 12.1 Å². The molecule has 1 fully saturated rings. The zero-order valence-electron chi connectivity index (χ0n) is 11.8. The van der Waals surface area contributed by atoms with Gasteiger partial charge in [-0.3, -0.25) is 0 Å². The van der Waals surface area contributed by atoms with Gasteiger partial charge in [-0.2, -0.15) is 0 Å². The van der Waals surface area contributed by atoms with Crippen LogP contribution in [0.3, 0.4) is 0 Å². The average molecular weight is 266 g/mol. The van der Waals surface area contributed by atoms with Crippen molar-refractivity contribution in [2.75, 3.05) is 21.3 Å². The number of rotatable bonds is 4. The van der Waals surface area contributed by atoms with Gasteiger partial charge in [0, 0.05) is 23.6 Å². The van der Waals surface area contributed by atoms with Crippen molar-refractivity contribution in [3.63, 3.8) is 0 Å². The number of aliphatic hydroxyl groups excluding tert-OH is 1. The molecule has 2 rings (SSSR count). The Labute approximate surface area is 114 Å². The maximum atomic E-state index is 10.2. The van der Waals surface area contributed by atoms with Crippen molar-refractivity contribution < 1.29 is 19.3 Å². The van der Waals surface area contributed by atoms with E-state index in [0.717, 1.165) is 42.7 Å². The third-order valence-electron chi connectivity index (χ3n) is 3.85. The molecule has 1 aliphatic rings. The molecular weight excluding hydrogens is 244 g/mol. The molecule has 0 spiro atoms. The van der Waals surface area contributed by atoms with Crippen LogP contribution in [0.5, 0.6) is 17.2 Å². The molecule has 19 heavy (non-hydrogen) atoms. The van der Waals surface area contributed by atoms with Crippen molar-refractivity contribution in [2.24, 2.45) is 0 Å². The van der Waals surface area contributed by atoms with E-state index in [0.29, 0.717) is 5.75 Å². The summed E-state index contributed by atoms with van der Waals surface area (Å²) in [6.07, 6.45) is 3.67. The number of hydrogen-bond donors (Lipinski definition) is 1. The van der Waals surface area contributed by atoms with Crippen LogP contribution >= 0.6 is 0 Å². The summed E-state index contributed by atoms with van der Waals surface area (Å²) in [7, 11) is 4.88. The second kappa shape index (κ2) is 6.15. The van der Waals surface area contributed by atoms with Crippen LogP contribution in [0.25, 0.3) is 0 Å². The van der Waals surface area contributed by atoms with Crippen molar-refractivity contribution in [2.45, 2.75) is 37.7 Å². The maximum absolute atomic E-state index is 10.2. The fraction of sp³-hybridized carbons (Fsp3) is 0.600. The van der Waals surface area contributed by atoms with Crippen LogP contribution in [-0.2, 0) is 0 Å². The quantitative estimate of drug-likeness (QED) is 0.910.